The first-order chi connectivity index (χ1) is 11.2. The number of benzene rings is 2. The van der Waals surface area contributed by atoms with E-state index in [0.29, 0.717) is 5.92 Å². The third-order valence-electron chi connectivity index (χ3n) is 4.64. The zero-order valence-electron chi connectivity index (χ0n) is 12.7. The summed E-state index contributed by atoms with van der Waals surface area (Å²) >= 11 is 1.72. The number of rotatable bonds is 3. The van der Waals surface area contributed by atoms with Crippen LogP contribution in [0.4, 0.5) is 4.39 Å². The Balaban J connectivity index is 1.50. The Bertz CT molecular complexity index is 720. The van der Waals surface area contributed by atoms with Gasteiger partial charge >= 0.3 is 0 Å². The normalized spacial score (nSPS) is 26.3. The minimum Gasteiger partial charge on any atom is -0.325 e. The highest BCUT2D eigenvalue weighted by molar-refractivity contribution is 7.99. The third kappa shape index (κ3) is 2.88. The van der Waals surface area contributed by atoms with Crippen molar-refractivity contribution in [2.24, 2.45) is 5.92 Å². The van der Waals surface area contributed by atoms with Gasteiger partial charge in [0.05, 0.1) is 0 Å². The van der Waals surface area contributed by atoms with Gasteiger partial charge in [0, 0.05) is 18.2 Å². The molecule has 1 amide bonds. The van der Waals surface area contributed by atoms with E-state index in [0.717, 1.165) is 24.3 Å². The van der Waals surface area contributed by atoms with Crippen molar-refractivity contribution < 1.29 is 9.18 Å². The van der Waals surface area contributed by atoms with Gasteiger partial charge in [0.2, 0.25) is 5.91 Å². The van der Waals surface area contributed by atoms with Crippen molar-refractivity contribution in [3.63, 3.8) is 0 Å². The predicted octanol–water partition coefficient (Wildman–Crippen LogP) is 4.20. The van der Waals surface area contributed by atoms with Crippen LogP contribution >= 0.6 is 11.8 Å². The molecule has 3 unspecified atom stereocenters. The molecule has 2 aromatic carbocycles. The molecule has 0 bridgehead atoms. The summed E-state index contributed by atoms with van der Waals surface area (Å²) in [5.74, 6) is 1.33. The molecule has 118 valence electrons. The quantitative estimate of drug-likeness (QED) is 0.842. The Morgan fingerprint density at radius 1 is 1.09 bits per heavy atom. The smallest absolute Gasteiger partial charge is 0.227 e. The van der Waals surface area contributed by atoms with E-state index in [2.05, 4.69) is 12.1 Å². The van der Waals surface area contributed by atoms with E-state index in [4.69, 9.17) is 0 Å². The van der Waals surface area contributed by atoms with Gasteiger partial charge in [-0.15, -0.1) is 11.8 Å². The van der Waals surface area contributed by atoms with Gasteiger partial charge in [-0.2, -0.15) is 0 Å². The molecule has 2 aromatic rings. The maximum Gasteiger partial charge on any atom is 0.227 e. The monoisotopic (exact) mass is 327 g/mol. The Hall–Kier alpha value is -1.81. The molecule has 0 radical (unpaired) electrons. The molecule has 4 heteroatoms. The van der Waals surface area contributed by atoms with Gasteiger partial charge in [0.1, 0.15) is 11.2 Å². The molecule has 2 nitrogen and oxygen atoms in total. The molecule has 0 aromatic heterocycles. The highest BCUT2D eigenvalue weighted by atomic mass is 32.2. The molecule has 1 aliphatic heterocycles. The average Bonchev–Trinajstić information content (AvgIpc) is 3.23. The van der Waals surface area contributed by atoms with Crippen LogP contribution in [-0.2, 0) is 4.79 Å². The second kappa shape index (κ2) is 6.00. The van der Waals surface area contributed by atoms with E-state index in [1.165, 1.54) is 11.6 Å². The first kappa shape index (κ1) is 14.8. The van der Waals surface area contributed by atoms with Gasteiger partial charge in [0.15, 0.2) is 0 Å². The van der Waals surface area contributed by atoms with Crippen molar-refractivity contribution in [2.75, 3.05) is 12.3 Å². The van der Waals surface area contributed by atoms with Crippen molar-refractivity contribution in [2.45, 2.75) is 17.7 Å². The Morgan fingerprint density at radius 3 is 2.65 bits per heavy atom. The molecule has 1 aliphatic carbocycles. The summed E-state index contributed by atoms with van der Waals surface area (Å²) in [6.07, 6.45) is 0.930. The zero-order chi connectivity index (χ0) is 15.8. The molecule has 2 fully saturated rings. The second-order valence-electron chi connectivity index (χ2n) is 6.17. The highest BCUT2D eigenvalue weighted by Crippen LogP contribution is 2.50. The lowest BCUT2D eigenvalue weighted by Gasteiger charge is -2.24. The maximum atomic E-state index is 13.5. The van der Waals surface area contributed by atoms with Crippen LogP contribution in [0, 0.1) is 11.7 Å². The van der Waals surface area contributed by atoms with Crippen LogP contribution in [0.25, 0.3) is 0 Å². The molecular formula is C19H18FNOS. The number of carbonyl (C=O) groups is 1. The van der Waals surface area contributed by atoms with E-state index in [1.54, 1.807) is 23.9 Å². The van der Waals surface area contributed by atoms with Crippen LogP contribution in [0.1, 0.15) is 28.8 Å². The molecular weight excluding hydrogens is 309 g/mol. The van der Waals surface area contributed by atoms with Gasteiger partial charge in [-0.25, -0.2) is 4.39 Å². The van der Waals surface area contributed by atoms with Crippen LogP contribution in [0.3, 0.4) is 0 Å². The van der Waals surface area contributed by atoms with Crippen LogP contribution in [0.2, 0.25) is 0 Å². The summed E-state index contributed by atoms with van der Waals surface area (Å²) in [6, 6.07) is 16.9. The van der Waals surface area contributed by atoms with Gasteiger partial charge in [-0.05, 0) is 35.6 Å². The van der Waals surface area contributed by atoms with Gasteiger partial charge in [-0.3, -0.25) is 4.79 Å². The van der Waals surface area contributed by atoms with Crippen LogP contribution < -0.4 is 0 Å². The van der Waals surface area contributed by atoms with Gasteiger partial charge in [-0.1, -0.05) is 42.5 Å². The largest absolute Gasteiger partial charge is 0.325 e. The van der Waals surface area contributed by atoms with Crippen molar-refractivity contribution in [1.29, 1.82) is 0 Å². The maximum absolute atomic E-state index is 13.5. The third-order valence-corrected chi connectivity index (χ3v) is 5.90. The summed E-state index contributed by atoms with van der Waals surface area (Å²) in [6.45, 7) is 0.753. The minimum absolute atomic E-state index is 0.0461. The minimum atomic E-state index is -0.240. The molecule has 3 atom stereocenters. The van der Waals surface area contributed by atoms with E-state index in [9.17, 15) is 9.18 Å². The lowest BCUT2D eigenvalue weighted by Crippen LogP contribution is -2.32. The van der Waals surface area contributed by atoms with Gasteiger partial charge in [0.25, 0.3) is 0 Å². The number of hydrogen-bond donors (Lipinski definition) is 0. The summed E-state index contributed by atoms with van der Waals surface area (Å²) in [7, 11) is 0. The number of halogens is 1. The number of carbonyl (C=O) groups excluding carboxylic acids is 1. The van der Waals surface area contributed by atoms with E-state index in [1.807, 2.05) is 29.2 Å². The summed E-state index contributed by atoms with van der Waals surface area (Å²) in [5, 5.41) is -0.0461. The first-order valence-electron chi connectivity index (χ1n) is 7.96. The number of hydrogen-bond acceptors (Lipinski definition) is 2. The molecule has 1 saturated heterocycles. The molecule has 0 spiro atoms. The van der Waals surface area contributed by atoms with Crippen LogP contribution in [0.5, 0.6) is 0 Å². The number of amides is 1. The van der Waals surface area contributed by atoms with Crippen LogP contribution in [0.15, 0.2) is 54.6 Å². The molecule has 2 aliphatic rings. The number of thioether (sulfide) groups is 1. The highest BCUT2D eigenvalue weighted by Gasteiger charge is 2.47. The SMILES string of the molecule is O=C(C1CC1c1ccccc1)N1CCSC1c1cccc(F)c1. The lowest BCUT2D eigenvalue weighted by atomic mass is 10.1. The van der Waals surface area contributed by atoms with E-state index < -0.39 is 0 Å². The number of nitrogens with zero attached hydrogens (tertiary/aromatic N) is 1. The van der Waals surface area contributed by atoms with E-state index in [-0.39, 0.29) is 23.0 Å². The fourth-order valence-electron chi connectivity index (χ4n) is 3.38. The molecule has 1 heterocycles. The lowest BCUT2D eigenvalue weighted by molar-refractivity contribution is -0.132. The van der Waals surface area contributed by atoms with Crippen LogP contribution in [-0.4, -0.2) is 23.1 Å². The predicted molar refractivity (Wildman–Crippen MR) is 90.6 cm³/mol. The second-order valence-corrected chi connectivity index (χ2v) is 7.36. The first-order valence-corrected chi connectivity index (χ1v) is 9.01. The van der Waals surface area contributed by atoms with Crippen molar-refractivity contribution in [3.8, 4) is 0 Å². The Morgan fingerprint density at radius 2 is 1.87 bits per heavy atom. The summed E-state index contributed by atoms with van der Waals surface area (Å²) in [5.41, 5.74) is 2.14. The fourth-order valence-corrected chi connectivity index (χ4v) is 4.64. The van der Waals surface area contributed by atoms with Crippen molar-refractivity contribution >= 4 is 17.7 Å². The Labute approximate surface area is 139 Å². The molecule has 1 saturated carbocycles. The van der Waals surface area contributed by atoms with Crippen molar-refractivity contribution in [1.82, 2.24) is 4.90 Å². The fraction of sp³-hybridized carbons (Fsp3) is 0.316. The topological polar surface area (TPSA) is 20.3 Å². The Kier molecular flexibility index (Phi) is 3.85. The molecule has 0 N–H and O–H groups in total. The average molecular weight is 327 g/mol. The standard InChI is InChI=1S/C19H18FNOS/c20-15-8-4-7-14(11-15)19-21(9-10-23-19)18(22)17-12-16(17)13-5-2-1-3-6-13/h1-8,11,16-17,19H,9-10,12H2. The van der Waals surface area contributed by atoms with E-state index >= 15 is 0 Å². The molecule has 4 rings (SSSR count). The van der Waals surface area contributed by atoms with Crippen molar-refractivity contribution in [3.05, 3.63) is 71.5 Å². The summed E-state index contributed by atoms with van der Waals surface area (Å²) in [4.78, 5) is 14.8. The van der Waals surface area contributed by atoms with Gasteiger partial charge < -0.3 is 4.90 Å². The molecule has 23 heavy (non-hydrogen) atoms. The summed E-state index contributed by atoms with van der Waals surface area (Å²) < 4.78 is 13.5. The zero-order valence-corrected chi connectivity index (χ0v) is 13.5.